The molecule has 0 aliphatic rings. The van der Waals surface area contributed by atoms with E-state index in [1.165, 1.54) is 19.2 Å². The first-order chi connectivity index (χ1) is 20.1. The number of esters is 1. The summed E-state index contributed by atoms with van der Waals surface area (Å²) in [6.07, 6.45) is 1.31. The molecule has 0 amide bonds. The topological polar surface area (TPSA) is 44.1 Å². The van der Waals surface area contributed by atoms with E-state index in [-0.39, 0.29) is 0 Å². The molecule has 0 unspecified atom stereocenters. The molecule has 1 aromatic heterocycles. The van der Waals surface area contributed by atoms with Gasteiger partial charge in [0, 0.05) is 23.3 Å². The number of benzene rings is 4. The Labute approximate surface area is 250 Å². The van der Waals surface area contributed by atoms with Gasteiger partial charge in [0.1, 0.15) is 5.82 Å². The highest BCUT2D eigenvalue weighted by atomic mass is 35.5. The predicted molar refractivity (Wildman–Crippen MR) is 160 cm³/mol. The Morgan fingerprint density at radius 1 is 0.881 bits per heavy atom. The number of imidazole rings is 1. The van der Waals surface area contributed by atoms with Crippen LogP contribution < -0.4 is 0 Å². The standard InChI is InChI=1S/C33H23Cl2F3N2O2/c1-42-32(41)25-9-4-22(5-10-25)19-40-20-30(28-16-15-27(34)18-29(28)35)39-31(40)17-6-21-2-7-23(8-3-21)24-11-13-26(14-12-24)33(36,37)38/h2-18,20H,19H2,1H3. The van der Waals surface area contributed by atoms with Crippen LogP contribution in [0.2, 0.25) is 10.0 Å². The minimum atomic E-state index is -4.37. The molecule has 5 rings (SSSR count). The zero-order valence-corrected chi connectivity index (χ0v) is 23.7. The maximum atomic E-state index is 12.9. The third-order valence-electron chi connectivity index (χ3n) is 6.62. The fraction of sp³-hybridized carbons (Fsp3) is 0.0909. The van der Waals surface area contributed by atoms with Crippen LogP contribution >= 0.6 is 23.2 Å². The largest absolute Gasteiger partial charge is 0.465 e. The number of carbonyl (C=O) groups is 1. The zero-order valence-electron chi connectivity index (χ0n) is 22.2. The summed E-state index contributed by atoms with van der Waals surface area (Å²) in [6, 6.07) is 24.9. The second-order valence-electron chi connectivity index (χ2n) is 9.46. The van der Waals surface area contributed by atoms with E-state index in [1.54, 1.807) is 24.3 Å². The predicted octanol–water partition coefficient (Wildman–Crippen LogP) is 9.55. The molecular weight excluding hydrogens is 584 g/mol. The van der Waals surface area contributed by atoms with Crippen molar-refractivity contribution in [2.45, 2.75) is 12.7 Å². The van der Waals surface area contributed by atoms with Crippen LogP contribution in [0.3, 0.4) is 0 Å². The van der Waals surface area contributed by atoms with Crippen molar-refractivity contribution in [1.29, 1.82) is 0 Å². The number of rotatable bonds is 7. The molecule has 4 aromatic carbocycles. The number of aromatic nitrogens is 2. The van der Waals surface area contributed by atoms with Gasteiger partial charge < -0.3 is 9.30 Å². The summed E-state index contributed by atoms with van der Waals surface area (Å²) in [5, 5.41) is 0.998. The van der Waals surface area contributed by atoms with Gasteiger partial charge in [0.2, 0.25) is 0 Å². The van der Waals surface area contributed by atoms with Crippen LogP contribution in [0.15, 0.2) is 97.2 Å². The molecule has 0 saturated heterocycles. The van der Waals surface area contributed by atoms with Crippen LogP contribution in [0.4, 0.5) is 13.2 Å². The van der Waals surface area contributed by atoms with Crippen molar-refractivity contribution in [2.24, 2.45) is 0 Å². The average molecular weight is 607 g/mol. The van der Waals surface area contributed by atoms with Gasteiger partial charge in [-0.15, -0.1) is 0 Å². The highest BCUT2D eigenvalue weighted by molar-refractivity contribution is 6.36. The van der Waals surface area contributed by atoms with Crippen molar-refractivity contribution in [3.05, 3.63) is 135 Å². The number of nitrogens with zero attached hydrogens (tertiary/aromatic N) is 2. The second kappa shape index (κ2) is 12.3. The Bertz CT molecular complexity index is 1740. The number of ether oxygens (including phenoxy) is 1. The van der Waals surface area contributed by atoms with E-state index in [2.05, 4.69) is 0 Å². The Balaban J connectivity index is 1.42. The third-order valence-corrected chi connectivity index (χ3v) is 7.17. The molecule has 1 heterocycles. The number of hydrogen-bond donors (Lipinski definition) is 0. The molecule has 0 bridgehead atoms. The van der Waals surface area contributed by atoms with Gasteiger partial charge in [0.15, 0.2) is 0 Å². The van der Waals surface area contributed by atoms with E-state index in [1.807, 2.05) is 65.4 Å². The highest BCUT2D eigenvalue weighted by Crippen LogP contribution is 2.32. The summed E-state index contributed by atoms with van der Waals surface area (Å²) in [6.45, 7) is 0.478. The lowest BCUT2D eigenvalue weighted by molar-refractivity contribution is -0.137. The molecule has 4 nitrogen and oxygen atoms in total. The van der Waals surface area contributed by atoms with Gasteiger partial charge in [-0.2, -0.15) is 13.2 Å². The molecule has 212 valence electrons. The lowest BCUT2D eigenvalue weighted by atomic mass is 10.0. The van der Waals surface area contributed by atoms with Gasteiger partial charge >= 0.3 is 12.1 Å². The lowest BCUT2D eigenvalue weighted by Crippen LogP contribution is -2.03. The molecule has 0 atom stereocenters. The van der Waals surface area contributed by atoms with Gasteiger partial charge in [-0.05, 0) is 70.8 Å². The monoisotopic (exact) mass is 606 g/mol. The normalized spacial score (nSPS) is 11.7. The average Bonchev–Trinajstić information content (AvgIpc) is 3.37. The summed E-state index contributed by atoms with van der Waals surface area (Å²) in [5.41, 5.74) is 4.50. The number of halogens is 5. The maximum Gasteiger partial charge on any atom is 0.416 e. The molecular formula is C33H23Cl2F3N2O2. The van der Waals surface area contributed by atoms with Gasteiger partial charge in [-0.1, -0.05) is 77.8 Å². The van der Waals surface area contributed by atoms with Crippen molar-refractivity contribution in [3.8, 4) is 22.4 Å². The van der Waals surface area contributed by atoms with Crippen LogP contribution in [0.1, 0.15) is 32.9 Å². The van der Waals surface area contributed by atoms with Crippen molar-refractivity contribution in [3.63, 3.8) is 0 Å². The summed E-state index contributed by atoms with van der Waals surface area (Å²) in [7, 11) is 1.34. The quantitative estimate of drug-likeness (QED) is 0.173. The van der Waals surface area contributed by atoms with Gasteiger partial charge in [0.25, 0.3) is 0 Å². The molecule has 0 saturated carbocycles. The van der Waals surface area contributed by atoms with Gasteiger partial charge in [0.05, 0.1) is 29.0 Å². The Morgan fingerprint density at radius 3 is 2.12 bits per heavy atom. The van der Waals surface area contributed by atoms with Gasteiger partial charge in [-0.3, -0.25) is 0 Å². The molecule has 5 aromatic rings. The number of hydrogen-bond acceptors (Lipinski definition) is 3. The van der Waals surface area contributed by atoms with E-state index in [0.717, 1.165) is 34.4 Å². The Kier molecular flexibility index (Phi) is 8.52. The van der Waals surface area contributed by atoms with E-state index in [4.69, 9.17) is 32.9 Å². The van der Waals surface area contributed by atoms with Crippen LogP contribution in [-0.2, 0) is 17.5 Å². The number of methoxy groups -OCH3 is 1. The smallest absolute Gasteiger partial charge is 0.416 e. The molecule has 0 spiro atoms. The van der Waals surface area contributed by atoms with Crippen LogP contribution in [0, 0.1) is 0 Å². The Morgan fingerprint density at radius 2 is 1.52 bits per heavy atom. The van der Waals surface area contributed by atoms with Gasteiger partial charge in [-0.25, -0.2) is 9.78 Å². The fourth-order valence-electron chi connectivity index (χ4n) is 4.39. The second-order valence-corrected chi connectivity index (χ2v) is 10.3. The maximum absolute atomic E-state index is 12.9. The first kappa shape index (κ1) is 29.2. The summed E-state index contributed by atoms with van der Waals surface area (Å²) < 4.78 is 45.5. The van der Waals surface area contributed by atoms with Crippen molar-refractivity contribution < 1.29 is 22.7 Å². The zero-order chi connectivity index (χ0) is 29.9. The van der Waals surface area contributed by atoms with E-state index in [0.29, 0.717) is 39.2 Å². The SMILES string of the molecule is COC(=O)c1ccc(Cn2cc(-c3ccc(Cl)cc3Cl)nc2C=Cc2ccc(-c3ccc(C(F)(F)F)cc3)cc2)cc1. The van der Waals surface area contributed by atoms with E-state index < -0.39 is 17.7 Å². The first-order valence-corrected chi connectivity index (χ1v) is 13.5. The summed E-state index contributed by atoms with van der Waals surface area (Å²) in [5.74, 6) is 0.261. The molecule has 0 aliphatic carbocycles. The summed E-state index contributed by atoms with van der Waals surface area (Å²) in [4.78, 5) is 16.6. The van der Waals surface area contributed by atoms with E-state index >= 15 is 0 Å². The highest BCUT2D eigenvalue weighted by Gasteiger charge is 2.29. The molecule has 0 aliphatic heterocycles. The van der Waals surface area contributed by atoms with Crippen molar-refractivity contribution >= 4 is 41.3 Å². The first-order valence-electron chi connectivity index (χ1n) is 12.8. The van der Waals surface area contributed by atoms with Crippen LogP contribution in [-0.4, -0.2) is 22.6 Å². The number of alkyl halides is 3. The minimum Gasteiger partial charge on any atom is -0.465 e. The number of carbonyl (C=O) groups excluding carboxylic acids is 1. The molecule has 0 N–H and O–H groups in total. The summed E-state index contributed by atoms with van der Waals surface area (Å²) >= 11 is 12.6. The lowest BCUT2D eigenvalue weighted by Gasteiger charge is -2.08. The molecule has 9 heteroatoms. The minimum absolute atomic E-state index is 0.406. The molecule has 0 fully saturated rings. The third kappa shape index (κ3) is 6.75. The Hall–Kier alpha value is -4.33. The molecule has 42 heavy (non-hydrogen) atoms. The van der Waals surface area contributed by atoms with Crippen LogP contribution in [0.25, 0.3) is 34.5 Å². The fourth-order valence-corrected chi connectivity index (χ4v) is 4.89. The van der Waals surface area contributed by atoms with Crippen molar-refractivity contribution in [2.75, 3.05) is 7.11 Å². The van der Waals surface area contributed by atoms with Crippen LogP contribution in [0.5, 0.6) is 0 Å². The van der Waals surface area contributed by atoms with Crippen molar-refractivity contribution in [1.82, 2.24) is 9.55 Å². The van der Waals surface area contributed by atoms with E-state index in [9.17, 15) is 18.0 Å². The molecule has 0 radical (unpaired) electrons.